The lowest BCUT2D eigenvalue weighted by Crippen LogP contribution is -2.45. The molecular formula is C42H90N16O6. The SMILES string of the molecule is CC(CN(CCC(=O)NCCN)CCC(=O)NCCN)CN(CC(C)CN(CCC(=O)NCCN)CCC(=O)NCCN)CC(C)CN(CCC(=O)NCCN)CCC(=O)NCCN. The van der Waals surface area contributed by atoms with Gasteiger partial charge in [-0.25, -0.2) is 0 Å². The molecular weight excluding hydrogens is 825 g/mol. The van der Waals surface area contributed by atoms with E-state index in [1.807, 2.05) is 0 Å². The molecule has 22 heteroatoms. The highest BCUT2D eigenvalue weighted by Gasteiger charge is 2.23. The molecule has 3 unspecified atom stereocenters. The molecule has 18 N–H and O–H groups in total. The van der Waals surface area contributed by atoms with Gasteiger partial charge in [0.05, 0.1) is 0 Å². The summed E-state index contributed by atoms with van der Waals surface area (Å²) in [6.45, 7) is 17.8. The molecule has 0 saturated heterocycles. The first-order valence-corrected chi connectivity index (χ1v) is 23.4. The van der Waals surface area contributed by atoms with Gasteiger partial charge in [-0.1, -0.05) is 20.8 Å². The smallest absolute Gasteiger partial charge is 0.221 e. The number of nitrogens with two attached hydrogens (primary N) is 6. The lowest BCUT2D eigenvalue weighted by molar-refractivity contribution is -0.123. The lowest BCUT2D eigenvalue weighted by atomic mass is 10.0. The summed E-state index contributed by atoms with van der Waals surface area (Å²) in [4.78, 5) is 84.4. The van der Waals surface area contributed by atoms with Crippen LogP contribution in [-0.2, 0) is 28.8 Å². The van der Waals surface area contributed by atoms with Gasteiger partial charge < -0.3 is 85.9 Å². The standard InChI is InChI=1S/C42H90N16O6/c1-34(28-55(22-4-37(59)49-16-10-43)23-5-38(60)50-17-11-44)31-58(32-35(2)29-56(24-6-39(61)51-18-12-45)25-7-40(62)52-19-13-46)33-36(3)30-57(26-8-41(63)53-20-14-47)27-9-42(64)54-21-15-48/h34-36H,4-33,43-48H2,1-3H3,(H,49,59)(H,50,60)(H,51,61)(H,52,62)(H,53,63)(H,54,64). The molecule has 0 aromatic rings. The van der Waals surface area contributed by atoms with Crippen molar-refractivity contribution in [3.63, 3.8) is 0 Å². The first-order valence-electron chi connectivity index (χ1n) is 23.4. The van der Waals surface area contributed by atoms with Crippen LogP contribution in [0.15, 0.2) is 0 Å². The number of amides is 6. The fraction of sp³-hybridized carbons (Fsp3) is 0.857. The molecule has 0 saturated carbocycles. The van der Waals surface area contributed by atoms with E-state index in [1.165, 1.54) is 0 Å². The number of carbonyl (C=O) groups excluding carboxylic acids is 6. The summed E-state index contributed by atoms with van der Waals surface area (Å²) in [5.41, 5.74) is 33.5. The molecule has 0 aliphatic carbocycles. The predicted molar refractivity (Wildman–Crippen MR) is 253 cm³/mol. The molecule has 0 aromatic carbocycles. The summed E-state index contributed by atoms with van der Waals surface area (Å²) in [7, 11) is 0. The second kappa shape index (κ2) is 39.8. The fourth-order valence-electron chi connectivity index (χ4n) is 7.28. The third-order valence-corrected chi connectivity index (χ3v) is 10.1. The Balaban J connectivity index is 6.39. The van der Waals surface area contributed by atoms with Crippen molar-refractivity contribution in [2.24, 2.45) is 52.2 Å². The van der Waals surface area contributed by atoms with Crippen molar-refractivity contribution in [2.75, 3.05) is 157 Å². The van der Waals surface area contributed by atoms with Gasteiger partial charge in [-0.05, 0) is 17.8 Å². The second-order valence-corrected chi connectivity index (χ2v) is 16.8. The van der Waals surface area contributed by atoms with Crippen LogP contribution < -0.4 is 66.3 Å². The zero-order valence-corrected chi connectivity index (χ0v) is 39.6. The van der Waals surface area contributed by atoms with Gasteiger partial charge in [0.1, 0.15) is 0 Å². The minimum absolute atomic E-state index is 0.100. The van der Waals surface area contributed by atoms with Crippen LogP contribution in [0.4, 0.5) is 0 Å². The molecule has 0 heterocycles. The minimum atomic E-state index is -0.100. The second-order valence-electron chi connectivity index (χ2n) is 16.8. The lowest BCUT2D eigenvalue weighted by Gasteiger charge is -2.35. The summed E-state index contributed by atoms with van der Waals surface area (Å²) < 4.78 is 0. The molecule has 0 aromatic heterocycles. The van der Waals surface area contributed by atoms with Crippen LogP contribution in [0, 0.1) is 17.8 Å². The Morgan fingerprint density at radius 2 is 0.469 bits per heavy atom. The van der Waals surface area contributed by atoms with Gasteiger partial charge in [0.2, 0.25) is 35.4 Å². The number of carbonyl (C=O) groups is 6. The van der Waals surface area contributed by atoms with E-state index in [2.05, 4.69) is 72.3 Å². The van der Waals surface area contributed by atoms with Crippen molar-refractivity contribution < 1.29 is 28.8 Å². The maximum Gasteiger partial charge on any atom is 0.221 e. The van der Waals surface area contributed by atoms with Crippen molar-refractivity contribution in [3.05, 3.63) is 0 Å². The fourth-order valence-corrected chi connectivity index (χ4v) is 7.28. The van der Waals surface area contributed by atoms with Crippen LogP contribution in [0.1, 0.15) is 59.3 Å². The number of nitrogens with one attached hydrogen (secondary N) is 6. The minimum Gasteiger partial charge on any atom is -0.355 e. The molecule has 0 radical (unpaired) electrons. The van der Waals surface area contributed by atoms with Crippen LogP contribution in [0.25, 0.3) is 0 Å². The van der Waals surface area contributed by atoms with E-state index in [-0.39, 0.29) is 91.7 Å². The monoisotopic (exact) mass is 915 g/mol. The Kier molecular flexibility index (Phi) is 37.5. The van der Waals surface area contributed by atoms with E-state index in [0.29, 0.717) is 157 Å². The maximum atomic E-state index is 12.6. The predicted octanol–water partition coefficient (Wildman–Crippen LogP) is -5.11. The summed E-state index contributed by atoms with van der Waals surface area (Å²) >= 11 is 0. The zero-order chi connectivity index (χ0) is 48.0. The van der Waals surface area contributed by atoms with E-state index >= 15 is 0 Å². The van der Waals surface area contributed by atoms with Gasteiger partial charge in [0.25, 0.3) is 0 Å². The highest BCUT2D eigenvalue weighted by atomic mass is 16.2. The van der Waals surface area contributed by atoms with Crippen LogP contribution >= 0.6 is 0 Å². The van der Waals surface area contributed by atoms with Gasteiger partial charge in [0, 0.05) is 196 Å². The van der Waals surface area contributed by atoms with Crippen molar-refractivity contribution in [1.29, 1.82) is 0 Å². The molecule has 0 fully saturated rings. The Morgan fingerprint density at radius 1 is 0.312 bits per heavy atom. The molecule has 0 aliphatic rings. The molecule has 64 heavy (non-hydrogen) atoms. The summed E-state index contributed by atoms with van der Waals surface area (Å²) in [5, 5.41) is 17.0. The van der Waals surface area contributed by atoms with E-state index in [0.717, 1.165) is 0 Å². The van der Waals surface area contributed by atoms with Crippen LogP contribution in [-0.4, -0.2) is 212 Å². The molecule has 3 atom stereocenters. The molecule has 0 rings (SSSR count). The van der Waals surface area contributed by atoms with Crippen molar-refractivity contribution in [2.45, 2.75) is 59.3 Å². The Labute approximate surface area is 383 Å². The normalized spacial score (nSPS) is 12.9. The van der Waals surface area contributed by atoms with Gasteiger partial charge in [0.15, 0.2) is 0 Å². The van der Waals surface area contributed by atoms with Crippen molar-refractivity contribution in [3.8, 4) is 0 Å². The summed E-state index contributed by atoms with van der Waals surface area (Å²) in [6.07, 6.45) is 1.60. The quantitative estimate of drug-likeness (QED) is 0.0273. The number of hydrogen-bond acceptors (Lipinski definition) is 16. The van der Waals surface area contributed by atoms with Gasteiger partial charge in [-0.2, -0.15) is 0 Å². The van der Waals surface area contributed by atoms with Crippen LogP contribution in [0.3, 0.4) is 0 Å². The molecule has 374 valence electrons. The Bertz CT molecular complexity index is 1050. The van der Waals surface area contributed by atoms with Crippen LogP contribution in [0.2, 0.25) is 0 Å². The Morgan fingerprint density at radius 3 is 0.625 bits per heavy atom. The number of nitrogens with zero attached hydrogens (tertiary/aromatic N) is 4. The highest BCUT2D eigenvalue weighted by molar-refractivity contribution is 5.78. The molecule has 0 aliphatic heterocycles. The van der Waals surface area contributed by atoms with E-state index in [9.17, 15) is 28.8 Å². The third kappa shape index (κ3) is 34.8. The summed E-state index contributed by atoms with van der Waals surface area (Å²) in [5.74, 6) is -0.226. The average Bonchev–Trinajstić information content (AvgIpc) is 3.26. The molecule has 0 bridgehead atoms. The molecule has 0 spiro atoms. The molecule has 22 nitrogen and oxygen atoms in total. The van der Waals surface area contributed by atoms with Crippen molar-refractivity contribution >= 4 is 35.4 Å². The maximum absolute atomic E-state index is 12.6. The summed E-state index contributed by atoms with van der Waals surface area (Å²) in [6, 6.07) is 0. The van der Waals surface area contributed by atoms with E-state index in [1.54, 1.807) is 0 Å². The zero-order valence-electron chi connectivity index (χ0n) is 39.6. The topological polar surface area (TPSA) is 344 Å². The third-order valence-electron chi connectivity index (χ3n) is 10.1. The van der Waals surface area contributed by atoms with Gasteiger partial charge >= 0.3 is 0 Å². The average molecular weight is 915 g/mol. The largest absolute Gasteiger partial charge is 0.355 e. The van der Waals surface area contributed by atoms with Gasteiger partial charge in [-0.15, -0.1) is 0 Å². The van der Waals surface area contributed by atoms with Gasteiger partial charge in [-0.3, -0.25) is 28.8 Å². The van der Waals surface area contributed by atoms with Crippen LogP contribution in [0.5, 0.6) is 0 Å². The Hall–Kier alpha value is -3.58. The van der Waals surface area contributed by atoms with E-state index < -0.39 is 0 Å². The number of hydrogen-bond donors (Lipinski definition) is 12. The first kappa shape index (κ1) is 60.4. The highest BCUT2D eigenvalue weighted by Crippen LogP contribution is 2.14. The van der Waals surface area contributed by atoms with Crippen molar-refractivity contribution in [1.82, 2.24) is 51.5 Å². The number of rotatable bonds is 42. The first-order chi connectivity index (χ1) is 30.7. The molecule has 6 amide bonds. The van der Waals surface area contributed by atoms with E-state index in [4.69, 9.17) is 34.4 Å².